The predicted molar refractivity (Wildman–Crippen MR) is 99.5 cm³/mol. The highest BCUT2D eigenvalue weighted by molar-refractivity contribution is 9.10. The van der Waals surface area contributed by atoms with Crippen LogP contribution in [0.3, 0.4) is 0 Å². The van der Waals surface area contributed by atoms with E-state index in [2.05, 4.69) is 26.3 Å². The number of esters is 2. The molecule has 8 nitrogen and oxygen atoms in total. The lowest BCUT2D eigenvalue weighted by atomic mass is 10.1. The van der Waals surface area contributed by atoms with Gasteiger partial charge in [-0.25, -0.2) is 9.59 Å². The molecule has 0 aliphatic rings. The quantitative estimate of drug-likeness (QED) is 0.660. The van der Waals surface area contributed by atoms with E-state index in [4.69, 9.17) is 9.47 Å². The summed E-state index contributed by atoms with van der Waals surface area (Å²) in [6, 6.07) is 0. The summed E-state index contributed by atoms with van der Waals surface area (Å²) in [4.78, 5) is 36.9. The van der Waals surface area contributed by atoms with Crippen molar-refractivity contribution in [3.63, 3.8) is 0 Å². The molecule has 0 atom stereocenters. The van der Waals surface area contributed by atoms with Gasteiger partial charge in [0.15, 0.2) is 0 Å². The van der Waals surface area contributed by atoms with Crippen LogP contribution in [0.15, 0.2) is 16.9 Å². The van der Waals surface area contributed by atoms with Gasteiger partial charge in [-0.1, -0.05) is 0 Å². The van der Waals surface area contributed by atoms with Gasteiger partial charge >= 0.3 is 11.9 Å². The van der Waals surface area contributed by atoms with Crippen molar-refractivity contribution in [1.82, 2.24) is 9.78 Å². The molecule has 0 aliphatic heterocycles. The number of rotatable bonds is 7. The molecule has 1 N–H and O–H groups in total. The minimum atomic E-state index is -0.603. The zero-order valence-electron chi connectivity index (χ0n) is 14.5. The number of anilines is 1. The Labute approximate surface area is 162 Å². The third-order valence-electron chi connectivity index (χ3n) is 3.25. The van der Waals surface area contributed by atoms with E-state index < -0.39 is 11.9 Å². The molecule has 26 heavy (non-hydrogen) atoms. The minimum Gasteiger partial charge on any atom is -0.462 e. The van der Waals surface area contributed by atoms with Crippen LogP contribution < -0.4 is 5.32 Å². The summed E-state index contributed by atoms with van der Waals surface area (Å²) in [5.41, 5.74) is 0.582. The van der Waals surface area contributed by atoms with Crippen LogP contribution in [0.5, 0.6) is 0 Å². The summed E-state index contributed by atoms with van der Waals surface area (Å²) in [6.07, 6.45) is 3.21. The Morgan fingerprint density at radius 2 is 1.88 bits per heavy atom. The fourth-order valence-corrected chi connectivity index (χ4v) is 3.61. The smallest absolute Gasteiger partial charge is 0.348 e. The Hall–Kier alpha value is -2.20. The van der Waals surface area contributed by atoms with Crippen LogP contribution in [-0.4, -0.2) is 40.8 Å². The number of amides is 1. The Kier molecular flexibility index (Phi) is 6.92. The zero-order valence-corrected chi connectivity index (χ0v) is 16.9. The first-order chi connectivity index (χ1) is 12.4. The number of ether oxygens (including phenoxy) is 2. The fraction of sp³-hybridized carbons (Fsp3) is 0.375. The Morgan fingerprint density at radius 1 is 1.23 bits per heavy atom. The summed E-state index contributed by atoms with van der Waals surface area (Å²) in [5.74, 6) is -1.53. The number of nitrogens with zero attached hydrogens (tertiary/aromatic N) is 2. The molecule has 2 aromatic rings. The van der Waals surface area contributed by atoms with E-state index in [0.29, 0.717) is 5.56 Å². The molecule has 0 saturated carbocycles. The Balaban J connectivity index is 2.29. The number of hydrogen-bond acceptors (Lipinski definition) is 7. The van der Waals surface area contributed by atoms with Crippen LogP contribution in [0.25, 0.3) is 0 Å². The number of thiophene rings is 1. The molecule has 0 saturated heterocycles. The first-order valence-electron chi connectivity index (χ1n) is 7.82. The third kappa shape index (κ3) is 4.70. The molecule has 140 valence electrons. The number of halogens is 1. The highest BCUT2D eigenvalue weighted by Gasteiger charge is 2.27. The summed E-state index contributed by atoms with van der Waals surface area (Å²) >= 11 is 4.24. The summed E-state index contributed by atoms with van der Waals surface area (Å²) < 4.78 is 12.2. The molecule has 0 unspecified atom stereocenters. The molecule has 0 bridgehead atoms. The van der Waals surface area contributed by atoms with E-state index in [1.807, 2.05) is 0 Å². The molecular formula is C16H18BrN3O5S. The molecule has 2 aromatic heterocycles. The van der Waals surface area contributed by atoms with Crippen molar-refractivity contribution in [3.05, 3.63) is 32.9 Å². The van der Waals surface area contributed by atoms with Crippen molar-refractivity contribution in [2.45, 2.75) is 27.3 Å². The van der Waals surface area contributed by atoms with E-state index in [1.165, 1.54) is 4.68 Å². The Morgan fingerprint density at radius 3 is 2.46 bits per heavy atom. The second kappa shape index (κ2) is 8.95. The SMILES string of the molecule is CCOC(=O)c1sc(NC(=O)Cn2cc(Br)cn2)c(C(=O)OCC)c1C. The second-order valence-electron chi connectivity index (χ2n) is 5.11. The Bertz CT molecular complexity index is 830. The summed E-state index contributed by atoms with van der Waals surface area (Å²) in [6.45, 7) is 5.34. The first-order valence-corrected chi connectivity index (χ1v) is 9.43. The van der Waals surface area contributed by atoms with Gasteiger partial charge in [-0.05, 0) is 42.3 Å². The van der Waals surface area contributed by atoms with Crippen molar-refractivity contribution >= 4 is 50.1 Å². The van der Waals surface area contributed by atoms with Crippen molar-refractivity contribution in [3.8, 4) is 0 Å². The minimum absolute atomic E-state index is 0.0421. The van der Waals surface area contributed by atoms with Crippen LogP contribution in [0, 0.1) is 6.92 Å². The molecule has 1 amide bonds. The lowest BCUT2D eigenvalue weighted by molar-refractivity contribution is -0.116. The molecule has 0 aliphatic carbocycles. The van der Waals surface area contributed by atoms with Gasteiger partial charge in [-0.2, -0.15) is 5.10 Å². The van der Waals surface area contributed by atoms with Gasteiger partial charge in [0.25, 0.3) is 0 Å². The summed E-state index contributed by atoms with van der Waals surface area (Å²) in [7, 11) is 0. The first kappa shape index (κ1) is 20.1. The van der Waals surface area contributed by atoms with Crippen molar-refractivity contribution in [1.29, 1.82) is 0 Å². The fourth-order valence-electron chi connectivity index (χ4n) is 2.18. The van der Waals surface area contributed by atoms with Gasteiger partial charge in [0.2, 0.25) is 5.91 Å². The lowest BCUT2D eigenvalue weighted by Gasteiger charge is -2.07. The topological polar surface area (TPSA) is 99.5 Å². The van der Waals surface area contributed by atoms with Gasteiger partial charge in [-0.3, -0.25) is 9.48 Å². The molecular weight excluding hydrogens is 426 g/mol. The van der Waals surface area contributed by atoms with Crippen LogP contribution in [-0.2, 0) is 20.8 Å². The highest BCUT2D eigenvalue weighted by atomic mass is 79.9. The average Bonchev–Trinajstić information content (AvgIpc) is 3.11. The van der Waals surface area contributed by atoms with Gasteiger partial charge in [0.05, 0.1) is 29.4 Å². The maximum Gasteiger partial charge on any atom is 0.348 e. The van der Waals surface area contributed by atoms with E-state index in [1.54, 1.807) is 33.2 Å². The molecule has 0 radical (unpaired) electrons. The predicted octanol–water partition coefficient (Wildman–Crippen LogP) is 3.01. The van der Waals surface area contributed by atoms with E-state index >= 15 is 0 Å². The zero-order chi connectivity index (χ0) is 19.3. The second-order valence-corrected chi connectivity index (χ2v) is 7.04. The van der Waals surface area contributed by atoms with Gasteiger partial charge < -0.3 is 14.8 Å². The van der Waals surface area contributed by atoms with Gasteiger partial charge in [-0.15, -0.1) is 11.3 Å². The number of hydrogen-bond donors (Lipinski definition) is 1. The lowest BCUT2D eigenvalue weighted by Crippen LogP contribution is -2.20. The molecule has 0 aromatic carbocycles. The maximum atomic E-state index is 12.3. The van der Waals surface area contributed by atoms with E-state index in [9.17, 15) is 14.4 Å². The number of carbonyl (C=O) groups is 3. The molecule has 0 spiro atoms. The number of aromatic nitrogens is 2. The standard InChI is InChI=1S/C16H18BrN3O5S/c1-4-24-15(22)12-9(3)13(16(23)25-5-2)26-14(12)19-11(21)8-20-7-10(17)6-18-20/h6-7H,4-5,8H2,1-3H3,(H,19,21). The van der Waals surface area contributed by atoms with Crippen LogP contribution >= 0.6 is 27.3 Å². The molecule has 2 rings (SSSR count). The third-order valence-corrected chi connectivity index (χ3v) is 4.84. The van der Waals surface area contributed by atoms with E-state index in [0.717, 1.165) is 15.8 Å². The van der Waals surface area contributed by atoms with Crippen molar-refractivity contribution < 1.29 is 23.9 Å². The van der Waals surface area contributed by atoms with Crippen molar-refractivity contribution in [2.75, 3.05) is 18.5 Å². The largest absolute Gasteiger partial charge is 0.462 e. The van der Waals surface area contributed by atoms with Crippen LogP contribution in [0.1, 0.15) is 39.4 Å². The monoisotopic (exact) mass is 443 g/mol. The van der Waals surface area contributed by atoms with Crippen LogP contribution in [0.2, 0.25) is 0 Å². The van der Waals surface area contributed by atoms with Crippen molar-refractivity contribution in [2.24, 2.45) is 0 Å². The van der Waals surface area contributed by atoms with Gasteiger partial charge in [0, 0.05) is 6.20 Å². The number of carbonyl (C=O) groups excluding carboxylic acids is 3. The normalized spacial score (nSPS) is 10.5. The molecule has 2 heterocycles. The highest BCUT2D eigenvalue weighted by Crippen LogP contribution is 2.34. The average molecular weight is 444 g/mol. The molecule has 0 fully saturated rings. The van der Waals surface area contributed by atoms with E-state index in [-0.39, 0.29) is 41.1 Å². The van der Waals surface area contributed by atoms with Gasteiger partial charge in [0.1, 0.15) is 16.4 Å². The van der Waals surface area contributed by atoms with Crippen LogP contribution in [0.4, 0.5) is 5.00 Å². The summed E-state index contributed by atoms with van der Waals surface area (Å²) in [5, 5.41) is 6.92. The molecule has 10 heteroatoms. The number of nitrogens with one attached hydrogen (secondary N) is 1. The maximum absolute atomic E-state index is 12.3.